The number of amides is 1. The lowest BCUT2D eigenvalue weighted by atomic mass is 9.97. The highest BCUT2D eigenvalue weighted by Gasteiger charge is 2.26. The Hall–Kier alpha value is -2.89. The number of carbonyl (C=O) groups is 1. The largest absolute Gasteiger partial charge is 0.342 e. The number of benzene rings is 1. The number of H-pyrrole nitrogens is 1. The van der Waals surface area contributed by atoms with Crippen LogP contribution in [0.15, 0.2) is 48.9 Å². The number of piperidine rings is 1. The summed E-state index contributed by atoms with van der Waals surface area (Å²) in [6.07, 6.45) is 8.02. The highest BCUT2D eigenvalue weighted by molar-refractivity contribution is 5.78. The number of imidazole rings is 1. The first kappa shape index (κ1) is 16.6. The lowest BCUT2D eigenvalue weighted by molar-refractivity contribution is -0.131. The first-order valence-corrected chi connectivity index (χ1v) is 9.04. The van der Waals surface area contributed by atoms with Crippen molar-refractivity contribution >= 4 is 5.91 Å². The fourth-order valence-electron chi connectivity index (χ4n) is 3.58. The molecule has 1 saturated heterocycles. The average Bonchev–Trinajstić information content (AvgIpc) is 3.32. The lowest BCUT2D eigenvalue weighted by Gasteiger charge is -2.32. The van der Waals surface area contributed by atoms with Crippen molar-refractivity contribution in [3.63, 3.8) is 0 Å². The number of nitrogens with zero attached hydrogens (tertiary/aromatic N) is 4. The van der Waals surface area contributed by atoms with Gasteiger partial charge in [0.1, 0.15) is 5.82 Å². The van der Waals surface area contributed by atoms with Crippen LogP contribution in [0.25, 0.3) is 11.3 Å². The third kappa shape index (κ3) is 3.54. The van der Waals surface area contributed by atoms with E-state index < -0.39 is 0 Å². The number of hydrogen-bond donors (Lipinski definition) is 1. The van der Waals surface area contributed by atoms with Crippen LogP contribution in [0.2, 0.25) is 0 Å². The number of nitrogens with one attached hydrogen (secondary N) is 1. The quantitative estimate of drug-likeness (QED) is 0.787. The highest BCUT2D eigenvalue weighted by Crippen LogP contribution is 2.27. The van der Waals surface area contributed by atoms with E-state index in [1.165, 1.54) is 0 Å². The summed E-state index contributed by atoms with van der Waals surface area (Å²) in [5.41, 5.74) is 3.12. The van der Waals surface area contributed by atoms with Gasteiger partial charge < -0.3 is 9.88 Å². The van der Waals surface area contributed by atoms with Gasteiger partial charge >= 0.3 is 0 Å². The first-order valence-electron chi connectivity index (χ1n) is 9.04. The van der Waals surface area contributed by atoms with Gasteiger partial charge in [0, 0.05) is 32.3 Å². The summed E-state index contributed by atoms with van der Waals surface area (Å²) in [7, 11) is 1.87. The van der Waals surface area contributed by atoms with Gasteiger partial charge in [0.25, 0.3) is 0 Å². The highest BCUT2D eigenvalue weighted by atomic mass is 16.2. The number of likely N-dealkylation sites (tertiary alicyclic amines) is 1. The Morgan fingerprint density at radius 3 is 2.88 bits per heavy atom. The summed E-state index contributed by atoms with van der Waals surface area (Å²) in [5, 5.41) is 4.14. The van der Waals surface area contributed by atoms with E-state index in [0.29, 0.717) is 6.42 Å². The van der Waals surface area contributed by atoms with Crippen molar-refractivity contribution < 1.29 is 4.79 Å². The van der Waals surface area contributed by atoms with Crippen LogP contribution in [0, 0.1) is 0 Å². The van der Waals surface area contributed by atoms with E-state index in [2.05, 4.69) is 27.2 Å². The molecule has 3 heterocycles. The molecule has 0 spiro atoms. The van der Waals surface area contributed by atoms with E-state index in [1.807, 2.05) is 42.5 Å². The zero-order chi connectivity index (χ0) is 17.9. The molecule has 0 bridgehead atoms. The summed E-state index contributed by atoms with van der Waals surface area (Å²) in [6, 6.07) is 10.2. The molecule has 26 heavy (non-hydrogen) atoms. The van der Waals surface area contributed by atoms with Crippen molar-refractivity contribution in [1.82, 2.24) is 24.6 Å². The van der Waals surface area contributed by atoms with Gasteiger partial charge in [-0.2, -0.15) is 5.10 Å². The van der Waals surface area contributed by atoms with Crippen molar-refractivity contribution in [1.29, 1.82) is 0 Å². The van der Waals surface area contributed by atoms with Crippen LogP contribution in [-0.4, -0.2) is 43.6 Å². The minimum atomic E-state index is 0.164. The van der Waals surface area contributed by atoms with Crippen LogP contribution in [-0.2, 0) is 18.3 Å². The second-order valence-corrected chi connectivity index (χ2v) is 6.93. The minimum Gasteiger partial charge on any atom is -0.342 e. The Morgan fingerprint density at radius 2 is 2.12 bits per heavy atom. The van der Waals surface area contributed by atoms with Crippen molar-refractivity contribution in [2.75, 3.05) is 13.1 Å². The Labute approximate surface area is 152 Å². The molecular weight excluding hydrogens is 326 g/mol. The summed E-state index contributed by atoms with van der Waals surface area (Å²) in [4.78, 5) is 22.6. The third-order valence-corrected chi connectivity index (χ3v) is 4.95. The van der Waals surface area contributed by atoms with E-state index in [1.54, 1.807) is 10.9 Å². The number of aromatic amines is 1. The van der Waals surface area contributed by atoms with Crippen molar-refractivity contribution in [2.24, 2.45) is 7.05 Å². The zero-order valence-corrected chi connectivity index (χ0v) is 14.9. The molecule has 1 aromatic carbocycles. The molecule has 6 heteroatoms. The van der Waals surface area contributed by atoms with Gasteiger partial charge in [-0.15, -0.1) is 0 Å². The smallest absolute Gasteiger partial charge is 0.227 e. The summed E-state index contributed by atoms with van der Waals surface area (Å²) >= 11 is 0. The summed E-state index contributed by atoms with van der Waals surface area (Å²) < 4.78 is 1.73. The van der Waals surface area contributed by atoms with E-state index in [-0.39, 0.29) is 11.8 Å². The van der Waals surface area contributed by atoms with Crippen LogP contribution in [0.1, 0.15) is 30.1 Å². The molecule has 4 rings (SSSR count). The van der Waals surface area contributed by atoms with Crippen LogP contribution < -0.4 is 0 Å². The second-order valence-electron chi connectivity index (χ2n) is 6.93. The van der Waals surface area contributed by atoms with Gasteiger partial charge in [-0.25, -0.2) is 4.98 Å². The van der Waals surface area contributed by atoms with Crippen molar-refractivity contribution in [2.45, 2.75) is 25.2 Å². The fraction of sp³-hybridized carbons (Fsp3) is 0.350. The molecule has 1 aliphatic rings. The van der Waals surface area contributed by atoms with Crippen molar-refractivity contribution in [3.8, 4) is 11.3 Å². The predicted molar refractivity (Wildman–Crippen MR) is 99.5 cm³/mol. The maximum atomic E-state index is 12.6. The molecule has 0 radical (unpaired) electrons. The number of hydrogen-bond acceptors (Lipinski definition) is 3. The minimum absolute atomic E-state index is 0.164. The molecule has 0 aliphatic carbocycles. The molecule has 1 unspecified atom stereocenters. The Balaban J connectivity index is 1.43. The molecule has 3 aromatic rings. The molecule has 2 aromatic heterocycles. The van der Waals surface area contributed by atoms with E-state index >= 15 is 0 Å². The molecule has 1 N–H and O–H groups in total. The Bertz CT molecular complexity index is 883. The van der Waals surface area contributed by atoms with Gasteiger partial charge in [-0.1, -0.05) is 30.3 Å². The monoisotopic (exact) mass is 349 g/mol. The Morgan fingerprint density at radius 1 is 1.27 bits per heavy atom. The second kappa shape index (κ2) is 7.15. The topological polar surface area (TPSA) is 66.8 Å². The number of carbonyl (C=O) groups excluding carboxylic acids is 1. The van der Waals surface area contributed by atoms with Gasteiger partial charge in [-0.05, 0) is 24.0 Å². The SMILES string of the molecule is Cn1cc(CC(=O)N2CCCC(c3ncc(-c4ccccc4)[nH]3)C2)cn1. The van der Waals surface area contributed by atoms with Gasteiger partial charge in [-0.3, -0.25) is 9.48 Å². The number of aryl methyl sites for hydroxylation is 1. The number of aromatic nitrogens is 4. The van der Waals surface area contributed by atoms with Gasteiger partial charge in [0.05, 0.1) is 24.5 Å². The third-order valence-electron chi connectivity index (χ3n) is 4.95. The molecule has 1 atom stereocenters. The number of rotatable bonds is 4. The maximum Gasteiger partial charge on any atom is 0.227 e. The first-order chi connectivity index (χ1) is 12.7. The van der Waals surface area contributed by atoms with Crippen LogP contribution in [0.5, 0.6) is 0 Å². The standard InChI is InChI=1S/C20H23N5O/c1-24-13-15(11-22-24)10-19(26)25-9-5-8-17(14-25)20-21-12-18(23-20)16-6-3-2-4-7-16/h2-4,6-7,11-13,17H,5,8-10,14H2,1H3,(H,21,23). The van der Waals surface area contributed by atoms with Crippen LogP contribution in [0.3, 0.4) is 0 Å². The van der Waals surface area contributed by atoms with E-state index in [9.17, 15) is 4.79 Å². The normalized spacial score (nSPS) is 17.4. The maximum absolute atomic E-state index is 12.6. The predicted octanol–water partition coefficient (Wildman–Crippen LogP) is 2.76. The van der Waals surface area contributed by atoms with Crippen LogP contribution in [0.4, 0.5) is 0 Å². The van der Waals surface area contributed by atoms with Crippen LogP contribution >= 0.6 is 0 Å². The molecule has 6 nitrogen and oxygen atoms in total. The summed E-state index contributed by atoms with van der Waals surface area (Å²) in [6.45, 7) is 1.54. The fourth-order valence-corrected chi connectivity index (χ4v) is 3.58. The average molecular weight is 349 g/mol. The molecule has 0 saturated carbocycles. The molecular formula is C20H23N5O. The molecule has 1 amide bonds. The van der Waals surface area contributed by atoms with Gasteiger partial charge in [0.2, 0.25) is 5.91 Å². The Kier molecular flexibility index (Phi) is 4.56. The summed E-state index contributed by atoms with van der Waals surface area (Å²) in [5.74, 6) is 1.40. The van der Waals surface area contributed by atoms with E-state index in [0.717, 1.165) is 48.6 Å². The zero-order valence-electron chi connectivity index (χ0n) is 14.9. The van der Waals surface area contributed by atoms with Crippen molar-refractivity contribution in [3.05, 3.63) is 60.3 Å². The van der Waals surface area contributed by atoms with E-state index in [4.69, 9.17) is 0 Å². The molecule has 1 fully saturated rings. The lowest BCUT2D eigenvalue weighted by Crippen LogP contribution is -2.40. The molecule has 1 aliphatic heterocycles. The van der Waals surface area contributed by atoms with Gasteiger partial charge in [0.15, 0.2) is 0 Å². The molecule has 134 valence electrons.